The molecule has 0 bridgehead atoms. The molecule has 0 unspecified atom stereocenters. The molecule has 0 aromatic carbocycles. The molecule has 0 aliphatic rings. The summed E-state index contributed by atoms with van der Waals surface area (Å²) >= 11 is 0. The second kappa shape index (κ2) is 9.26. The summed E-state index contributed by atoms with van der Waals surface area (Å²) in [5, 5.41) is 7.32. The van der Waals surface area contributed by atoms with E-state index < -0.39 is 0 Å². The average Bonchev–Trinajstić information content (AvgIpc) is 0.918. The number of hydrogen-bond acceptors (Lipinski definition) is 1. The quantitative estimate of drug-likeness (QED) is 0.376. The Hall–Kier alpha value is 0.750. The van der Waals surface area contributed by atoms with Crippen molar-refractivity contribution in [3.63, 3.8) is 0 Å². The summed E-state index contributed by atoms with van der Waals surface area (Å²) in [6, 6.07) is 1.75. The monoisotopic (exact) mass is 85.0 g/mol. The van der Waals surface area contributed by atoms with Gasteiger partial charge in [-0.3, -0.25) is 0 Å². The topological polar surface area (TPSA) is 23.8 Å². The summed E-state index contributed by atoms with van der Waals surface area (Å²) in [6.07, 6.45) is 0. The zero-order chi connectivity index (χ0) is 2.71. The van der Waals surface area contributed by atoms with Gasteiger partial charge in [0.25, 0.3) is 0 Å². The first kappa shape index (κ1) is 8.83. The molecule has 0 amide bonds. The van der Waals surface area contributed by atoms with Crippen molar-refractivity contribution in [1.29, 1.82) is 5.26 Å². The number of rotatable bonds is 0. The maximum atomic E-state index is 7.32. The molecule has 0 aliphatic carbocycles. The van der Waals surface area contributed by atoms with E-state index in [0.29, 0.717) is 0 Å². The van der Waals surface area contributed by atoms with Crippen molar-refractivity contribution in [3.05, 3.63) is 0 Å². The Labute approximate surface area is 57.1 Å². The van der Waals surface area contributed by atoms with Crippen molar-refractivity contribution in [2.24, 2.45) is 0 Å². The minimum Gasteiger partial charge on any atom is 0 e. The fourth-order valence-corrected chi connectivity index (χ4v) is 0. The minimum absolute atomic E-state index is 0. The van der Waals surface area contributed by atoms with Crippen LogP contribution in [0.5, 0.6) is 0 Å². The van der Waals surface area contributed by atoms with Crippen molar-refractivity contribution in [2.45, 2.75) is 6.92 Å². The van der Waals surface area contributed by atoms with Crippen molar-refractivity contribution < 1.29 is 1.43 Å². The Bertz CT molecular complexity index is 31.1. The van der Waals surface area contributed by atoms with Gasteiger partial charge in [0.05, 0.1) is 6.07 Å². The molecule has 0 saturated carbocycles. The molecule has 2 heteroatoms. The Morgan fingerprint density at radius 3 is 2.00 bits per heavy atom. The third-order valence-electron chi connectivity index (χ3n) is 0. The second-order valence-corrected chi connectivity index (χ2v) is 0.224. The molecule has 0 fully saturated rings. The molecule has 0 saturated heterocycles. The molecule has 0 spiro atoms. The molecular formula is C2H7CaN. The van der Waals surface area contributed by atoms with Crippen LogP contribution in [0.2, 0.25) is 0 Å². The molecule has 0 N–H and O–H groups in total. The molecule has 0 atom stereocenters. The van der Waals surface area contributed by atoms with Crippen LogP contribution in [0.3, 0.4) is 0 Å². The number of nitrogens with zero attached hydrogens (tertiary/aromatic N) is 1. The minimum atomic E-state index is 0. The average molecular weight is 85.2 g/mol. The fourth-order valence-electron chi connectivity index (χ4n) is 0. The van der Waals surface area contributed by atoms with Gasteiger partial charge in [-0.25, -0.2) is 0 Å². The van der Waals surface area contributed by atoms with Crippen LogP contribution < -0.4 is 0 Å². The van der Waals surface area contributed by atoms with Gasteiger partial charge in [-0.1, -0.05) is 0 Å². The van der Waals surface area contributed by atoms with Gasteiger partial charge >= 0.3 is 37.7 Å². The van der Waals surface area contributed by atoms with Gasteiger partial charge in [0, 0.05) is 8.35 Å². The van der Waals surface area contributed by atoms with Crippen LogP contribution in [0.25, 0.3) is 0 Å². The van der Waals surface area contributed by atoms with Crippen LogP contribution in [0.4, 0.5) is 0 Å². The van der Waals surface area contributed by atoms with Gasteiger partial charge in [0.2, 0.25) is 0 Å². The van der Waals surface area contributed by atoms with Gasteiger partial charge in [-0.05, 0) is 0 Å². The van der Waals surface area contributed by atoms with Gasteiger partial charge in [0.15, 0.2) is 0 Å². The zero-order valence-electron chi connectivity index (χ0n) is 1.95. The fraction of sp³-hybridized carbons (Fsp3) is 0.500. The maximum Gasteiger partial charge on any atom is 0 e. The molecule has 0 aromatic rings. The van der Waals surface area contributed by atoms with Crippen LogP contribution in [0, 0.1) is 11.3 Å². The molecule has 0 radical (unpaired) electrons. The largest absolute Gasteiger partial charge is 0 e. The predicted molar refractivity (Wildman–Crippen MR) is 21.9 cm³/mol. The molecule has 4 heavy (non-hydrogen) atoms. The van der Waals surface area contributed by atoms with Gasteiger partial charge in [-0.2, -0.15) is 5.26 Å². The molecule has 0 rings (SSSR count). The summed E-state index contributed by atoms with van der Waals surface area (Å²) in [7, 11) is 0. The van der Waals surface area contributed by atoms with Gasteiger partial charge in [0.1, 0.15) is 0 Å². The summed E-state index contributed by atoms with van der Waals surface area (Å²) in [4.78, 5) is 0. The second-order valence-electron chi connectivity index (χ2n) is 0.224. The third-order valence-corrected chi connectivity index (χ3v) is 0. The standard InChI is InChI=1S/C2H3N.Ca.H2.2H/c1-2-3;;;;/h1H3;;1H;;. The van der Waals surface area contributed by atoms with E-state index in [2.05, 4.69) is 0 Å². The van der Waals surface area contributed by atoms with Crippen LogP contribution in [-0.2, 0) is 0 Å². The molecule has 1 nitrogen and oxygen atoms in total. The van der Waals surface area contributed by atoms with E-state index >= 15 is 0 Å². The molecule has 0 aliphatic heterocycles. The van der Waals surface area contributed by atoms with E-state index in [-0.39, 0.29) is 39.2 Å². The Balaban J connectivity index is -0.0000000200. The van der Waals surface area contributed by atoms with Crippen LogP contribution in [0.15, 0.2) is 0 Å². The summed E-state index contributed by atoms with van der Waals surface area (Å²) in [5.41, 5.74) is 0. The summed E-state index contributed by atoms with van der Waals surface area (Å²) in [5.74, 6) is 0. The van der Waals surface area contributed by atoms with Crippen molar-refractivity contribution in [1.82, 2.24) is 0 Å². The van der Waals surface area contributed by atoms with Crippen LogP contribution >= 0.6 is 0 Å². The molecule has 0 aromatic heterocycles. The van der Waals surface area contributed by atoms with Gasteiger partial charge < -0.3 is 0 Å². The van der Waals surface area contributed by atoms with E-state index in [9.17, 15) is 0 Å². The van der Waals surface area contributed by atoms with Crippen molar-refractivity contribution in [2.75, 3.05) is 0 Å². The molecular weight excluding hydrogens is 78.1 g/mol. The Morgan fingerprint density at radius 1 is 2.00 bits per heavy atom. The van der Waals surface area contributed by atoms with Crippen molar-refractivity contribution >= 4 is 37.7 Å². The Morgan fingerprint density at radius 2 is 2.00 bits per heavy atom. The van der Waals surface area contributed by atoms with E-state index in [1.165, 1.54) is 6.92 Å². The van der Waals surface area contributed by atoms with Crippen molar-refractivity contribution in [3.8, 4) is 6.07 Å². The maximum absolute atomic E-state index is 7.32. The number of hydrogen-bond donors (Lipinski definition) is 0. The normalized spacial score (nSPS) is 2.00. The zero-order valence-corrected chi connectivity index (χ0v) is 1.95. The third kappa shape index (κ3) is 15.0. The number of nitriles is 1. The summed E-state index contributed by atoms with van der Waals surface area (Å²) < 4.78 is 0. The smallest absolute Gasteiger partial charge is 0 e. The van der Waals surface area contributed by atoms with E-state index in [1.54, 1.807) is 6.07 Å². The first-order valence-corrected chi connectivity index (χ1v) is 0.724. The van der Waals surface area contributed by atoms with Crippen LogP contribution in [0.1, 0.15) is 8.35 Å². The van der Waals surface area contributed by atoms with Gasteiger partial charge in [-0.15, -0.1) is 0 Å². The first-order valence-electron chi connectivity index (χ1n) is 0.724. The Kier molecular flexibility index (Phi) is 20.4. The molecule has 0 heterocycles. The van der Waals surface area contributed by atoms with E-state index in [0.717, 1.165) is 0 Å². The van der Waals surface area contributed by atoms with Crippen LogP contribution in [-0.4, -0.2) is 37.7 Å². The molecule has 22 valence electrons. The SMILES string of the molecule is CC#N.[CaH2].[HH]. The predicted octanol–water partition coefficient (Wildman–Crippen LogP) is -0.140. The first-order chi connectivity index (χ1) is 1.41. The van der Waals surface area contributed by atoms with E-state index in [4.69, 9.17) is 5.26 Å². The summed E-state index contributed by atoms with van der Waals surface area (Å²) in [6.45, 7) is 1.43. The van der Waals surface area contributed by atoms with E-state index in [1.807, 2.05) is 0 Å².